The van der Waals surface area contributed by atoms with Crippen molar-refractivity contribution in [3.05, 3.63) is 42.5 Å². The van der Waals surface area contributed by atoms with Crippen LogP contribution in [0.25, 0.3) is 0 Å². The van der Waals surface area contributed by atoms with Crippen molar-refractivity contribution in [2.24, 2.45) is 5.92 Å². The molecule has 32 heavy (non-hydrogen) atoms. The first kappa shape index (κ1) is 24.3. The van der Waals surface area contributed by atoms with Gasteiger partial charge in [-0.3, -0.25) is 4.79 Å². The number of nitrogens with one attached hydrogen (secondary N) is 1. The highest BCUT2D eigenvalue weighted by atomic mass is 32.2. The normalized spacial score (nSPS) is 15.5. The van der Waals surface area contributed by atoms with Crippen LogP contribution < -0.4 is 14.8 Å². The fourth-order valence-electron chi connectivity index (χ4n) is 3.45. The Balaban J connectivity index is 1.60. The number of carbonyl (C=O) groups excluding carboxylic acids is 1. The number of thioether (sulfide) groups is 1. The first-order valence-electron chi connectivity index (χ1n) is 9.82. The van der Waals surface area contributed by atoms with Crippen LogP contribution in [-0.2, 0) is 14.8 Å². The number of methoxy groups -OCH3 is 2. The monoisotopic (exact) mass is 486 g/mol. The molecule has 0 bridgehead atoms. The van der Waals surface area contributed by atoms with E-state index in [2.05, 4.69) is 5.32 Å². The van der Waals surface area contributed by atoms with E-state index in [4.69, 9.17) is 9.47 Å². The van der Waals surface area contributed by atoms with Gasteiger partial charge in [-0.15, -0.1) is 0 Å². The molecular formula is C21H24F2N2O5S2. The van der Waals surface area contributed by atoms with Crippen LogP contribution in [0.15, 0.2) is 52.3 Å². The number of sulfonamides is 1. The van der Waals surface area contributed by atoms with Gasteiger partial charge in [0.2, 0.25) is 15.9 Å². The first-order valence-corrected chi connectivity index (χ1v) is 12.1. The summed E-state index contributed by atoms with van der Waals surface area (Å²) in [5.41, 5.74) is 0.508. The van der Waals surface area contributed by atoms with E-state index in [1.54, 1.807) is 12.1 Å². The van der Waals surface area contributed by atoms with Gasteiger partial charge in [0.25, 0.3) is 5.76 Å². The maximum atomic E-state index is 13.0. The van der Waals surface area contributed by atoms with Gasteiger partial charge in [-0.05, 0) is 49.2 Å². The number of amides is 1. The Labute approximate surface area is 190 Å². The van der Waals surface area contributed by atoms with Crippen LogP contribution in [0.5, 0.6) is 11.5 Å². The summed E-state index contributed by atoms with van der Waals surface area (Å²) in [6, 6.07) is 10.6. The summed E-state index contributed by atoms with van der Waals surface area (Å²) < 4.78 is 62.5. The molecule has 1 aliphatic heterocycles. The van der Waals surface area contributed by atoms with Gasteiger partial charge in [0.15, 0.2) is 11.5 Å². The number of piperidine rings is 1. The molecule has 1 aliphatic rings. The molecule has 0 aromatic heterocycles. The van der Waals surface area contributed by atoms with Gasteiger partial charge in [-0.1, -0.05) is 11.8 Å². The minimum absolute atomic E-state index is 0.0970. The van der Waals surface area contributed by atoms with Gasteiger partial charge in [0.05, 0.1) is 19.1 Å². The zero-order valence-corrected chi connectivity index (χ0v) is 19.2. The molecular weight excluding hydrogens is 462 g/mol. The number of carbonyl (C=O) groups is 1. The zero-order chi connectivity index (χ0) is 23.3. The topological polar surface area (TPSA) is 84.9 Å². The van der Waals surface area contributed by atoms with Gasteiger partial charge in [0.1, 0.15) is 0 Å². The number of halogens is 2. The van der Waals surface area contributed by atoms with Crippen molar-refractivity contribution in [2.45, 2.75) is 28.4 Å². The number of rotatable bonds is 8. The number of alkyl halides is 2. The molecule has 3 rings (SSSR count). The smallest absolute Gasteiger partial charge is 0.288 e. The standard InChI is InChI=1S/C21H24F2N2O5S2/c1-29-18-8-7-17(13-19(18)30-2)32(27,28)25-11-9-14(10-12-25)20(26)24-15-3-5-16(6-4-15)31-21(22)23/h3-8,13-14,21H,9-12H2,1-2H3,(H,24,26). The Hall–Kier alpha value is -2.37. The number of ether oxygens (including phenoxy) is 2. The second-order valence-corrected chi connectivity index (χ2v) is 10.1. The van der Waals surface area contributed by atoms with Crippen LogP contribution in [0.2, 0.25) is 0 Å². The molecule has 2 aromatic carbocycles. The molecule has 0 atom stereocenters. The Morgan fingerprint density at radius 2 is 1.69 bits per heavy atom. The van der Waals surface area contributed by atoms with Crippen molar-refractivity contribution in [1.29, 1.82) is 0 Å². The van der Waals surface area contributed by atoms with E-state index < -0.39 is 15.8 Å². The first-order chi connectivity index (χ1) is 15.2. The van der Waals surface area contributed by atoms with Crippen molar-refractivity contribution < 1.29 is 31.5 Å². The lowest BCUT2D eigenvalue weighted by atomic mass is 9.97. The maximum absolute atomic E-state index is 13.0. The number of hydrogen-bond acceptors (Lipinski definition) is 6. The van der Waals surface area contributed by atoms with E-state index in [1.165, 1.54) is 48.9 Å². The van der Waals surface area contributed by atoms with Gasteiger partial charge >= 0.3 is 0 Å². The second-order valence-electron chi connectivity index (χ2n) is 7.09. The summed E-state index contributed by atoms with van der Waals surface area (Å²) in [6.07, 6.45) is 0.745. The maximum Gasteiger partial charge on any atom is 0.288 e. The van der Waals surface area contributed by atoms with Crippen molar-refractivity contribution in [3.63, 3.8) is 0 Å². The average Bonchev–Trinajstić information content (AvgIpc) is 2.79. The van der Waals surface area contributed by atoms with E-state index in [0.29, 0.717) is 46.7 Å². The van der Waals surface area contributed by atoms with Crippen molar-refractivity contribution in [1.82, 2.24) is 4.31 Å². The number of hydrogen-bond donors (Lipinski definition) is 1. The molecule has 174 valence electrons. The molecule has 1 saturated heterocycles. The number of benzene rings is 2. The molecule has 0 saturated carbocycles. The second kappa shape index (κ2) is 10.5. The molecule has 0 spiro atoms. The van der Waals surface area contributed by atoms with E-state index >= 15 is 0 Å². The molecule has 1 N–H and O–H groups in total. The highest BCUT2D eigenvalue weighted by Crippen LogP contribution is 2.32. The number of anilines is 1. The lowest BCUT2D eigenvalue weighted by Gasteiger charge is -2.30. The Morgan fingerprint density at radius 3 is 2.25 bits per heavy atom. The van der Waals surface area contributed by atoms with E-state index in [-0.39, 0.29) is 29.8 Å². The molecule has 0 aliphatic carbocycles. The van der Waals surface area contributed by atoms with Crippen LogP contribution in [0.1, 0.15) is 12.8 Å². The van der Waals surface area contributed by atoms with Crippen LogP contribution in [-0.4, -0.2) is 51.7 Å². The predicted octanol–water partition coefficient (Wildman–Crippen LogP) is 4.06. The Kier molecular flexibility index (Phi) is 7.96. The van der Waals surface area contributed by atoms with Crippen molar-refractivity contribution >= 4 is 33.4 Å². The molecule has 1 heterocycles. The zero-order valence-electron chi connectivity index (χ0n) is 17.6. The molecule has 1 amide bonds. The van der Waals surface area contributed by atoms with E-state index in [9.17, 15) is 22.0 Å². The van der Waals surface area contributed by atoms with Gasteiger partial charge < -0.3 is 14.8 Å². The minimum Gasteiger partial charge on any atom is -0.493 e. The third-order valence-corrected chi connectivity index (χ3v) is 7.78. The third kappa shape index (κ3) is 5.70. The van der Waals surface area contributed by atoms with Crippen molar-refractivity contribution in [2.75, 3.05) is 32.6 Å². The van der Waals surface area contributed by atoms with Crippen LogP contribution in [0.3, 0.4) is 0 Å². The minimum atomic E-state index is -3.74. The summed E-state index contributed by atoms with van der Waals surface area (Å²) in [4.78, 5) is 13.1. The predicted molar refractivity (Wildman–Crippen MR) is 118 cm³/mol. The SMILES string of the molecule is COc1ccc(S(=O)(=O)N2CCC(C(=O)Nc3ccc(SC(F)F)cc3)CC2)cc1OC. The highest BCUT2D eigenvalue weighted by molar-refractivity contribution is 7.99. The lowest BCUT2D eigenvalue weighted by molar-refractivity contribution is -0.120. The fourth-order valence-corrected chi connectivity index (χ4v) is 5.43. The lowest BCUT2D eigenvalue weighted by Crippen LogP contribution is -2.41. The summed E-state index contributed by atoms with van der Waals surface area (Å²) in [5, 5.41) is 2.77. The van der Waals surface area contributed by atoms with E-state index in [1.807, 2.05) is 0 Å². The van der Waals surface area contributed by atoms with Gasteiger partial charge in [-0.25, -0.2) is 8.42 Å². The fraction of sp³-hybridized carbons (Fsp3) is 0.381. The molecule has 2 aromatic rings. The van der Waals surface area contributed by atoms with Gasteiger partial charge in [-0.2, -0.15) is 13.1 Å². The third-order valence-electron chi connectivity index (χ3n) is 5.16. The molecule has 11 heteroatoms. The molecule has 1 fully saturated rings. The highest BCUT2D eigenvalue weighted by Gasteiger charge is 2.32. The molecule has 0 radical (unpaired) electrons. The van der Waals surface area contributed by atoms with E-state index in [0.717, 1.165) is 0 Å². The molecule has 7 nitrogen and oxygen atoms in total. The van der Waals surface area contributed by atoms with Crippen LogP contribution in [0, 0.1) is 5.92 Å². The van der Waals surface area contributed by atoms with Crippen LogP contribution >= 0.6 is 11.8 Å². The average molecular weight is 487 g/mol. The summed E-state index contributed by atoms with van der Waals surface area (Å²) in [5.74, 6) is -2.32. The van der Waals surface area contributed by atoms with Crippen LogP contribution in [0.4, 0.5) is 14.5 Å². The largest absolute Gasteiger partial charge is 0.493 e. The molecule has 0 unspecified atom stereocenters. The summed E-state index contributed by atoms with van der Waals surface area (Å²) >= 11 is 0.436. The Bertz CT molecular complexity index is 1040. The summed E-state index contributed by atoms with van der Waals surface area (Å²) in [6.45, 7) is 0.414. The Morgan fingerprint density at radius 1 is 1.06 bits per heavy atom. The van der Waals surface area contributed by atoms with Gasteiger partial charge in [0, 0.05) is 35.7 Å². The quantitative estimate of drug-likeness (QED) is 0.567. The van der Waals surface area contributed by atoms with Crippen molar-refractivity contribution in [3.8, 4) is 11.5 Å². The number of nitrogens with zero attached hydrogens (tertiary/aromatic N) is 1. The summed E-state index contributed by atoms with van der Waals surface area (Å²) in [7, 11) is -0.835.